The molecule has 1 aromatic carbocycles. The summed E-state index contributed by atoms with van der Waals surface area (Å²) < 4.78 is 0. The summed E-state index contributed by atoms with van der Waals surface area (Å²) in [6.07, 6.45) is 1.20. The number of phenols is 1. The second kappa shape index (κ2) is 5.60. The third kappa shape index (κ3) is 3.05. The molecule has 106 valence electrons. The molecule has 3 N–H and O–H groups in total. The number of aromatic hydroxyl groups is 1. The topological polar surface area (TPSA) is 107 Å². The van der Waals surface area contributed by atoms with Crippen molar-refractivity contribution < 1.29 is 24.6 Å². The van der Waals surface area contributed by atoms with Gasteiger partial charge in [0.25, 0.3) is 0 Å². The minimum Gasteiger partial charge on any atom is -0.507 e. The SMILES string of the molecule is O=C(CN1CCCC1=O)Nc1ccc(O)c(C(=O)O)c1. The predicted molar refractivity (Wildman–Crippen MR) is 69.5 cm³/mol. The Balaban J connectivity index is 2.02. The number of hydrogen-bond donors (Lipinski definition) is 3. The van der Waals surface area contributed by atoms with Crippen molar-refractivity contribution in [3.63, 3.8) is 0 Å². The van der Waals surface area contributed by atoms with Gasteiger partial charge in [0.1, 0.15) is 11.3 Å². The molecule has 0 bridgehead atoms. The van der Waals surface area contributed by atoms with E-state index >= 15 is 0 Å². The van der Waals surface area contributed by atoms with Gasteiger partial charge in [-0.1, -0.05) is 0 Å². The molecule has 0 aliphatic carbocycles. The number of aromatic carboxylic acids is 1. The Morgan fingerprint density at radius 2 is 2.10 bits per heavy atom. The number of nitrogens with zero attached hydrogens (tertiary/aromatic N) is 1. The Kier molecular flexibility index (Phi) is 3.88. The quantitative estimate of drug-likeness (QED) is 0.701. The van der Waals surface area contributed by atoms with E-state index in [1.54, 1.807) is 0 Å². The Hall–Kier alpha value is -2.57. The fourth-order valence-corrected chi connectivity index (χ4v) is 2.03. The number of amides is 2. The molecule has 2 rings (SSSR count). The maximum atomic E-state index is 11.8. The van der Waals surface area contributed by atoms with E-state index < -0.39 is 11.9 Å². The number of carboxylic acid groups (broad SMARTS) is 1. The molecule has 1 aliphatic heterocycles. The van der Waals surface area contributed by atoms with Crippen LogP contribution in [-0.4, -0.2) is 46.0 Å². The van der Waals surface area contributed by atoms with Gasteiger partial charge < -0.3 is 20.4 Å². The summed E-state index contributed by atoms with van der Waals surface area (Å²) in [5.41, 5.74) is -0.0307. The van der Waals surface area contributed by atoms with Crippen LogP contribution in [0.2, 0.25) is 0 Å². The van der Waals surface area contributed by atoms with E-state index in [-0.39, 0.29) is 29.5 Å². The normalized spacial score (nSPS) is 14.4. The van der Waals surface area contributed by atoms with Gasteiger partial charge in [-0.2, -0.15) is 0 Å². The first-order chi connectivity index (χ1) is 9.47. The standard InChI is InChI=1S/C13H14N2O5/c16-10-4-3-8(6-9(10)13(19)20)14-11(17)7-15-5-1-2-12(15)18/h3-4,6,16H,1-2,5,7H2,(H,14,17)(H,19,20). The third-order valence-electron chi connectivity index (χ3n) is 3.02. The van der Waals surface area contributed by atoms with Gasteiger partial charge in [-0.15, -0.1) is 0 Å². The Bertz CT molecular complexity index is 570. The highest BCUT2D eigenvalue weighted by Gasteiger charge is 2.22. The zero-order valence-corrected chi connectivity index (χ0v) is 10.6. The number of benzene rings is 1. The minimum absolute atomic E-state index is 0.0535. The molecule has 7 nitrogen and oxygen atoms in total. The van der Waals surface area contributed by atoms with Crippen LogP contribution in [0.1, 0.15) is 23.2 Å². The molecule has 1 saturated heterocycles. The summed E-state index contributed by atoms with van der Waals surface area (Å²) in [5.74, 6) is -2.11. The molecule has 1 aliphatic rings. The first kappa shape index (κ1) is 13.9. The largest absolute Gasteiger partial charge is 0.507 e. The minimum atomic E-state index is -1.28. The number of carboxylic acids is 1. The average molecular weight is 278 g/mol. The maximum Gasteiger partial charge on any atom is 0.339 e. The van der Waals surface area contributed by atoms with Crippen molar-refractivity contribution in [2.24, 2.45) is 0 Å². The lowest BCUT2D eigenvalue weighted by Gasteiger charge is -2.15. The van der Waals surface area contributed by atoms with Crippen LogP contribution in [0.3, 0.4) is 0 Å². The van der Waals surface area contributed by atoms with Crippen molar-refractivity contribution in [2.45, 2.75) is 12.8 Å². The molecule has 0 unspecified atom stereocenters. The van der Waals surface area contributed by atoms with E-state index in [0.717, 1.165) is 6.42 Å². The molecule has 1 fully saturated rings. The Morgan fingerprint density at radius 3 is 2.70 bits per heavy atom. The van der Waals surface area contributed by atoms with E-state index in [1.165, 1.54) is 23.1 Å². The molecule has 0 spiro atoms. The lowest BCUT2D eigenvalue weighted by molar-refractivity contribution is -0.131. The number of carbonyl (C=O) groups is 3. The smallest absolute Gasteiger partial charge is 0.339 e. The highest BCUT2D eigenvalue weighted by atomic mass is 16.4. The highest BCUT2D eigenvalue weighted by Crippen LogP contribution is 2.21. The van der Waals surface area contributed by atoms with E-state index in [1.807, 2.05) is 0 Å². The number of rotatable bonds is 4. The Morgan fingerprint density at radius 1 is 1.35 bits per heavy atom. The fourth-order valence-electron chi connectivity index (χ4n) is 2.03. The molecule has 2 amide bonds. The molecule has 0 aromatic heterocycles. The molecule has 7 heteroatoms. The zero-order valence-electron chi connectivity index (χ0n) is 10.6. The number of likely N-dealkylation sites (tertiary alicyclic amines) is 1. The molecule has 1 heterocycles. The number of hydrogen-bond acceptors (Lipinski definition) is 4. The van der Waals surface area contributed by atoms with Gasteiger partial charge in [0, 0.05) is 18.7 Å². The van der Waals surface area contributed by atoms with Gasteiger partial charge in [-0.25, -0.2) is 4.79 Å². The summed E-state index contributed by atoms with van der Waals surface area (Å²) in [6, 6.07) is 3.76. The van der Waals surface area contributed by atoms with Gasteiger partial charge in [-0.3, -0.25) is 9.59 Å². The van der Waals surface area contributed by atoms with Crippen LogP contribution in [0.4, 0.5) is 5.69 Å². The second-order valence-corrected chi connectivity index (χ2v) is 4.50. The fraction of sp³-hybridized carbons (Fsp3) is 0.308. The van der Waals surface area contributed by atoms with Gasteiger partial charge in [0.15, 0.2) is 0 Å². The van der Waals surface area contributed by atoms with Gasteiger partial charge >= 0.3 is 5.97 Å². The first-order valence-corrected chi connectivity index (χ1v) is 6.11. The zero-order chi connectivity index (χ0) is 14.7. The molecule has 1 aromatic rings. The molecule has 0 radical (unpaired) electrons. The third-order valence-corrected chi connectivity index (χ3v) is 3.02. The van der Waals surface area contributed by atoms with Crippen molar-refractivity contribution in [1.29, 1.82) is 0 Å². The van der Waals surface area contributed by atoms with E-state index in [4.69, 9.17) is 5.11 Å². The van der Waals surface area contributed by atoms with Crippen molar-refractivity contribution in [3.05, 3.63) is 23.8 Å². The highest BCUT2D eigenvalue weighted by molar-refractivity contribution is 5.97. The van der Waals surface area contributed by atoms with Crippen LogP contribution in [0, 0.1) is 0 Å². The van der Waals surface area contributed by atoms with Crippen LogP contribution < -0.4 is 5.32 Å². The van der Waals surface area contributed by atoms with Gasteiger partial charge in [0.05, 0.1) is 6.54 Å². The second-order valence-electron chi connectivity index (χ2n) is 4.50. The van der Waals surface area contributed by atoms with Crippen LogP contribution in [-0.2, 0) is 9.59 Å². The van der Waals surface area contributed by atoms with E-state index in [2.05, 4.69) is 5.32 Å². The maximum absolute atomic E-state index is 11.8. The van der Waals surface area contributed by atoms with Crippen molar-refractivity contribution in [1.82, 2.24) is 4.90 Å². The predicted octanol–water partition coefficient (Wildman–Crippen LogP) is 0.651. The molecular weight excluding hydrogens is 264 g/mol. The van der Waals surface area contributed by atoms with Crippen LogP contribution in [0.15, 0.2) is 18.2 Å². The molecular formula is C13H14N2O5. The molecule has 20 heavy (non-hydrogen) atoms. The lowest BCUT2D eigenvalue weighted by Crippen LogP contribution is -2.33. The summed E-state index contributed by atoms with van der Waals surface area (Å²) in [4.78, 5) is 35.5. The van der Waals surface area contributed by atoms with Crippen molar-refractivity contribution in [2.75, 3.05) is 18.4 Å². The van der Waals surface area contributed by atoms with Crippen LogP contribution in [0.5, 0.6) is 5.75 Å². The van der Waals surface area contributed by atoms with E-state index in [0.29, 0.717) is 13.0 Å². The number of carbonyl (C=O) groups excluding carboxylic acids is 2. The summed E-state index contributed by atoms with van der Waals surface area (Å²) >= 11 is 0. The number of nitrogens with one attached hydrogen (secondary N) is 1. The monoisotopic (exact) mass is 278 g/mol. The van der Waals surface area contributed by atoms with Gasteiger partial charge in [-0.05, 0) is 24.6 Å². The summed E-state index contributed by atoms with van der Waals surface area (Å²) in [7, 11) is 0. The van der Waals surface area contributed by atoms with Gasteiger partial charge in [0.2, 0.25) is 11.8 Å². The number of anilines is 1. The van der Waals surface area contributed by atoms with Crippen molar-refractivity contribution >= 4 is 23.5 Å². The first-order valence-electron chi connectivity index (χ1n) is 6.11. The molecule has 0 saturated carbocycles. The van der Waals surface area contributed by atoms with Crippen molar-refractivity contribution in [3.8, 4) is 5.75 Å². The Labute approximate surface area is 114 Å². The summed E-state index contributed by atoms with van der Waals surface area (Å²) in [6.45, 7) is 0.504. The summed E-state index contributed by atoms with van der Waals surface area (Å²) in [5, 5.41) is 20.7. The van der Waals surface area contributed by atoms with Crippen LogP contribution >= 0.6 is 0 Å². The average Bonchev–Trinajstić information content (AvgIpc) is 2.77. The lowest BCUT2D eigenvalue weighted by atomic mass is 10.2. The molecule has 0 atom stereocenters. The van der Waals surface area contributed by atoms with Crippen LogP contribution in [0.25, 0.3) is 0 Å². The van der Waals surface area contributed by atoms with E-state index in [9.17, 15) is 19.5 Å².